The van der Waals surface area contributed by atoms with Crippen LogP contribution in [0.2, 0.25) is 0 Å². The quantitative estimate of drug-likeness (QED) is 0.278. The number of para-hydroxylation sites is 1. The lowest BCUT2D eigenvalue weighted by Gasteiger charge is -2.09. The Hall–Kier alpha value is -4.19. The number of ether oxygens (including phenoxy) is 2. The summed E-state index contributed by atoms with van der Waals surface area (Å²) in [4.78, 5) is 29.2. The van der Waals surface area contributed by atoms with E-state index in [-0.39, 0.29) is 11.5 Å². The number of Topliss-reactive ketones (excluding diaryl/α,β-unsaturated/α-hetero) is 1. The zero-order valence-corrected chi connectivity index (χ0v) is 17.0. The van der Waals surface area contributed by atoms with Gasteiger partial charge in [-0.1, -0.05) is 18.2 Å². The fourth-order valence-corrected chi connectivity index (χ4v) is 3.75. The molecule has 0 amide bonds. The molecule has 0 N–H and O–H groups in total. The van der Waals surface area contributed by atoms with Crippen LogP contribution in [0, 0.1) is 6.92 Å². The Balaban J connectivity index is 1.48. The van der Waals surface area contributed by atoms with Gasteiger partial charge >= 0.3 is 5.97 Å². The van der Waals surface area contributed by atoms with Gasteiger partial charge in [0.05, 0.1) is 11.1 Å². The molecule has 31 heavy (non-hydrogen) atoms. The Kier molecular flexibility index (Phi) is 4.40. The highest BCUT2D eigenvalue weighted by molar-refractivity contribution is 6.15. The summed E-state index contributed by atoms with van der Waals surface area (Å²) in [6, 6.07) is 14.5. The number of pyridine rings is 1. The van der Waals surface area contributed by atoms with E-state index >= 15 is 0 Å². The number of ketones is 1. The van der Waals surface area contributed by atoms with Crippen LogP contribution in [0.15, 0.2) is 72.9 Å². The van der Waals surface area contributed by atoms with Crippen molar-refractivity contribution in [3.63, 3.8) is 0 Å². The number of hydrogen-bond acceptors (Lipinski definition) is 5. The van der Waals surface area contributed by atoms with Crippen molar-refractivity contribution in [2.45, 2.75) is 6.92 Å². The number of carbonyl (C=O) groups excluding carboxylic acids is 2. The number of aromatic nitrogens is 2. The van der Waals surface area contributed by atoms with E-state index in [1.807, 2.05) is 42.1 Å². The Labute approximate surface area is 178 Å². The molecular formula is C25H18N2O4. The summed E-state index contributed by atoms with van der Waals surface area (Å²) in [5.74, 6) is 0.271. The molecular weight excluding hydrogens is 392 g/mol. The molecule has 0 aliphatic carbocycles. The second-order valence-electron chi connectivity index (χ2n) is 7.35. The maximum atomic E-state index is 12.9. The number of fused-ring (bicyclic) bond motifs is 2. The van der Waals surface area contributed by atoms with Gasteiger partial charge in [0.25, 0.3) is 0 Å². The minimum Gasteiger partial charge on any atom is -0.452 e. The third-order valence-electron chi connectivity index (χ3n) is 5.35. The highest BCUT2D eigenvalue weighted by Gasteiger charge is 2.31. The van der Waals surface area contributed by atoms with Crippen LogP contribution >= 0.6 is 0 Å². The molecule has 152 valence electrons. The Morgan fingerprint density at radius 2 is 1.97 bits per heavy atom. The van der Waals surface area contributed by atoms with Gasteiger partial charge in [-0.25, -0.2) is 4.79 Å². The number of rotatable bonds is 3. The Morgan fingerprint density at radius 3 is 2.77 bits per heavy atom. The lowest BCUT2D eigenvalue weighted by atomic mass is 10.1. The second kappa shape index (κ2) is 7.25. The SMILES string of the molecule is Cc1c(OC(=O)c2cccnc2)ccc2c1O/C(=C\c1cn(C)c3ccccc13)C2=O. The van der Waals surface area contributed by atoms with Crippen molar-refractivity contribution in [1.82, 2.24) is 9.55 Å². The number of carbonyl (C=O) groups is 2. The molecule has 0 saturated heterocycles. The van der Waals surface area contributed by atoms with Crippen molar-refractivity contribution in [3.05, 3.63) is 95.1 Å². The van der Waals surface area contributed by atoms with E-state index in [0.717, 1.165) is 16.5 Å². The summed E-state index contributed by atoms with van der Waals surface area (Å²) in [5.41, 5.74) is 3.35. The number of hydrogen-bond donors (Lipinski definition) is 0. The van der Waals surface area contributed by atoms with Crippen LogP contribution in [0.1, 0.15) is 31.8 Å². The van der Waals surface area contributed by atoms with Crippen LogP contribution in [0.25, 0.3) is 17.0 Å². The first-order valence-corrected chi connectivity index (χ1v) is 9.77. The first-order valence-electron chi connectivity index (χ1n) is 9.77. The normalized spacial score (nSPS) is 14.0. The van der Waals surface area contributed by atoms with Crippen molar-refractivity contribution in [3.8, 4) is 11.5 Å². The molecule has 0 fully saturated rings. The molecule has 1 aliphatic rings. The van der Waals surface area contributed by atoms with E-state index in [0.29, 0.717) is 28.2 Å². The minimum atomic E-state index is -0.521. The highest BCUT2D eigenvalue weighted by atomic mass is 16.5. The predicted molar refractivity (Wildman–Crippen MR) is 116 cm³/mol. The third kappa shape index (κ3) is 3.18. The van der Waals surface area contributed by atoms with Crippen molar-refractivity contribution >= 4 is 28.7 Å². The molecule has 2 aromatic carbocycles. The molecule has 0 saturated carbocycles. The molecule has 5 rings (SSSR count). The molecule has 0 atom stereocenters. The molecule has 6 nitrogen and oxygen atoms in total. The van der Waals surface area contributed by atoms with E-state index < -0.39 is 5.97 Å². The van der Waals surface area contributed by atoms with E-state index in [2.05, 4.69) is 4.98 Å². The summed E-state index contributed by atoms with van der Waals surface area (Å²) in [7, 11) is 1.96. The lowest BCUT2D eigenvalue weighted by Crippen LogP contribution is -2.09. The van der Waals surface area contributed by atoms with Crippen molar-refractivity contribution in [2.75, 3.05) is 0 Å². The molecule has 0 unspecified atom stereocenters. The van der Waals surface area contributed by atoms with Gasteiger partial charge in [0.2, 0.25) is 5.78 Å². The van der Waals surface area contributed by atoms with Crippen molar-refractivity contribution < 1.29 is 19.1 Å². The van der Waals surface area contributed by atoms with E-state index in [9.17, 15) is 9.59 Å². The van der Waals surface area contributed by atoms with Gasteiger partial charge in [-0.3, -0.25) is 9.78 Å². The standard InChI is InChI=1S/C25H18N2O4/c1-15-21(31-25(29)16-6-5-11-26-13-16)10-9-19-23(28)22(30-24(15)19)12-17-14-27(2)20-8-4-3-7-18(17)20/h3-14H,1-2H3/b22-12-. The number of esters is 1. The van der Waals surface area contributed by atoms with Gasteiger partial charge < -0.3 is 14.0 Å². The van der Waals surface area contributed by atoms with E-state index in [1.165, 1.54) is 6.20 Å². The largest absolute Gasteiger partial charge is 0.452 e. The Morgan fingerprint density at radius 1 is 1.13 bits per heavy atom. The number of benzene rings is 2. The van der Waals surface area contributed by atoms with Crippen molar-refractivity contribution in [1.29, 1.82) is 0 Å². The summed E-state index contributed by atoms with van der Waals surface area (Å²) >= 11 is 0. The van der Waals surface area contributed by atoms with Gasteiger partial charge in [0, 0.05) is 47.7 Å². The first-order chi connectivity index (χ1) is 15.0. The van der Waals surface area contributed by atoms with Gasteiger partial charge in [0.1, 0.15) is 11.5 Å². The molecule has 6 heteroatoms. The molecule has 3 heterocycles. The fourth-order valence-electron chi connectivity index (χ4n) is 3.75. The van der Waals surface area contributed by atoms with E-state index in [1.54, 1.807) is 43.5 Å². The summed E-state index contributed by atoms with van der Waals surface area (Å²) < 4.78 is 13.5. The highest BCUT2D eigenvalue weighted by Crippen LogP contribution is 2.40. The number of allylic oxidation sites excluding steroid dienone is 1. The van der Waals surface area contributed by atoms with Gasteiger partial charge in [-0.2, -0.15) is 0 Å². The van der Waals surface area contributed by atoms with Crippen LogP contribution in [0.5, 0.6) is 11.5 Å². The summed E-state index contributed by atoms with van der Waals surface area (Å²) in [5, 5.41) is 1.03. The average molecular weight is 410 g/mol. The molecule has 0 radical (unpaired) electrons. The number of nitrogens with zero attached hydrogens (tertiary/aromatic N) is 2. The third-order valence-corrected chi connectivity index (χ3v) is 5.35. The van der Waals surface area contributed by atoms with Gasteiger partial charge in [-0.15, -0.1) is 0 Å². The molecule has 1 aliphatic heterocycles. The van der Waals surface area contributed by atoms with Crippen LogP contribution < -0.4 is 9.47 Å². The molecule has 0 spiro atoms. The maximum absolute atomic E-state index is 12.9. The minimum absolute atomic E-state index is 0.198. The zero-order chi connectivity index (χ0) is 21.5. The predicted octanol–water partition coefficient (Wildman–Crippen LogP) is 4.72. The zero-order valence-electron chi connectivity index (χ0n) is 17.0. The van der Waals surface area contributed by atoms with Crippen LogP contribution in [-0.4, -0.2) is 21.3 Å². The molecule has 0 bridgehead atoms. The second-order valence-corrected chi connectivity index (χ2v) is 7.35. The molecule has 2 aromatic heterocycles. The lowest BCUT2D eigenvalue weighted by molar-refractivity contribution is 0.0732. The van der Waals surface area contributed by atoms with Gasteiger partial charge in [-0.05, 0) is 43.3 Å². The summed E-state index contributed by atoms with van der Waals surface area (Å²) in [6.45, 7) is 1.76. The van der Waals surface area contributed by atoms with Crippen LogP contribution in [-0.2, 0) is 7.05 Å². The van der Waals surface area contributed by atoms with Gasteiger partial charge in [0.15, 0.2) is 5.76 Å². The smallest absolute Gasteiger partial charge is 0.345 e. The Bertz CT molecular complexity index is 1380. The molecule has 4 aromatic rings. The van der Waals surface area contributed by atoms with Crippen LogP contribution in [0.3, 0.4) is 0 Å². The number of aryl methyl sites for hydroxylation is 1. The van der Waals surface area contributed by atoms with E-state index in [4.69, 9.17) is 9.47 Å². The van der Waals surface area contributed by atoms with Crippen molar-refractivity contribution in [2.24, 2.45) is 7.05 Å². The van der Waals surface area contributed by atoms with Crippen LogP contribution in [0.4, 0.5) is 0 Å². The topological polar surface area (TPSA) is 70.4 Å². The fraction of sp³-hybridized carbons (Fsp3) is 0.0800. The first kappa shape index (κ1) is 18.8. The maximum Gasteiger partial charge on any atom is 0.345 e. The monoisotopic (exact) mass is 410 g/mol. The average Bonchev–Trinajstić information content (AvgIpc) is 3.28. The summed E-state index contributed by atoms with van der Waals surface area (Å²) in [6.07, 6.45) is 6.74.